The molecule has 2 aromatic rings. The topological polar surface area (TPSA) is 29.1 Å². The molecule has 0 aromatic heterocycles. The van der Waals surface area contributed by atoms with E-state index >= 15 is 0 Å². The van der Waals surface area contributed by atoms with Gasteiger partial charge in [-0.1, -0.05) is 23.7 Å². The van der Waals surface area contributed by atoms with Gasteiger partial charge in [-0.25, -0.2) is 4.39 Å². The molecule has 0 bridgehead atoms. The summed E-state index contributed by atoms with van der Waals surface area (Å²) in [5.74, 6) is -1.11. The van der Waals surface area contributed by atoms with Gasteiger partial charge in [-0.3, -0.25) is 4.79 Å². The molecule has 0 atom stereocenters. The van der Waals surface area contributed by atoms with Gasteiger partial charge in [0.2, 0.25) is 0 Å². The molecule has 0 fully saturated rings. The second kappa shape index (κ2) is 5.50. The Kier molecular flexibility index (Phi) is 3.99. The van der Waals surface area contributed by atoms with Crippen LogP contribution in [0.1, 0.15) is 10.4 Å². The molecule has 18 heavy (non-hydrogen) atoms. The van der Waals surface area contributed by atoms with E-state index in [0.717, 1.165) is 0 Å². The number of hydrogen-bond acceptors (Lipinski definition) is 1. The van der Waals surface area contributed by atoms with Gasteiger partial charge < -0.3 is 5.32 Å². The lowest BCUT2D eigenvalue weighted by Crippen LogP contribution is -2.14. The number of rotatable bonds is 2. The molecule has 0 saturated heterocycles. The maximum absolute atomic E-state index is 13.6. The maximum atomic E-state index is 13.6. The Balaban J connectivity index is 2.28. The van der Waals surface area contributed by atoms with E-state index in [1.807, 2.05) is 0 Å². The predicted molar refractivity (Wildman–Crippen MR) is 73.5 cm³/mol. The lowest BCUT2D eigenvalue weighted by molar-refractivity contribution is 0.102. The van der Waals surface area contributed by atoms with Gasteiger partial charge in [0.15, 0.2) is 0 Å². The van der Waals surface area contributed by atoms with E-state index in [9.17, 15) is 9.18 Å². The fourth-order valence-electron chi connectivity index (χ4n) is 1.47. The highest BCUT2D eigenvalue weighted by Crippen LogP contribution is 2.22. The third kappa shape index (κ3) is 2.89. The fourth-order valence-corrected chi connectivity index (χ4v) is 2.19. The molecule has 0 aliphatic heterocycles. The first kappa shape index (κ1) is 13.1. The summed E-state index contributed by atoms with van der Waals surface area (Å²) in [5.41, 5.74) is 0.486. The van der Waals surface area contributed by atoms with Crippen LogP contribution in [0.3, 0.4) is 0 Å². The summed E-state index contributed by atoms with van der Waals surface area (Å²) in [7, 11) is 0. The molecule has 1 amide bonds. The van der Waals surface area contributed by atoms with Gasteiger partial charge in [0.05, 0.1) is 5.56 Å². The molecule has 0 aliphatic carbocycles. The van der Waals surface area contributed by atoms with Crippen molar-refractivity contribution >= 4 is 39.1 Å². The Bertz CT molecular complexity index is 583. The molecule has 0 heterocycles. The highest BCUT2D eigenvalue weighted by Gasteiger charge is 2.15. The molecular weight excluding hydrogens is 321 g/mol. The van der Waals surface area contributed by atoms with Crippen molar-refractivity contribution in [3.8, 4) is 0 Å². The van der Waals surface area contributed by atoms with Crippen LogP contribution in [-0.4, -0.2) is 5.91 Å². The van der Waals surface area contributed by atoms with E-state index in [2.05, 4.69) is 21.2 Å². The van der Waals surface area contributed by atoms with Crippen molar-refractivity contribution in [2.45, 2.75) is 0 Å². The van der Waals surface area contributed by atoms with Gasteiger partial charge in [0.1, 0.15) is 5.82 Å². The summed E-state index contributed by atoms with van der Waals surface area (Å²) in [4.78, 5) is 11.9. The number of hydrogen-bond donors (Lipinski definition) is 1. The SMILES string of the molecule is O=C(Nc1cccc(Cl)c1)c1c(F)cccc1Br. The zero-order valence-corrected chi connectivity index (χ0v) is 11.4. The van der Waals surface area contributed by atoms with E-state index < -0.39 is 11.7 Å². The predicted octanol–water partition coefficient (Wildman–Crippen LogP) is 4.49. The minimum atomic E-state index is -0.580. The van der Waals surface area contributed by atoms with E-state index in [1.54, 1.807) is 30.3 Å². The third-order valence-electron chi connectivity index (χ3n) is 2.27. The lowest BCUT2D eigenvalue weighted by Gasteiger charge is -2.08. The van der Waals surface area contributed by atoms with E-state index in [1.165, 1.54) is 12.1 Å². The Hall–Kier alpha value is -1.39. The van der Waals surface area contributed by atoms with Crippen molar-refractivity contribution in [3.05, 3.63) is 63.3 Å². The monoisotopic (exact) mass is 327 g/mol. The summed E-state index contributed by atoms with van der Waals surface area (Å²) < 4.78 is 14.0. The van der Waals surface area contributed by atoms with Crippen molar-refractivity contribution in [2.24, 2.45) is 0 Å². The van der Waals surface area contributed by atoms with Gasteiger partial charge in [-0.2, -0.15) is 0 Å². The quantitative estimate of drug-likeness (QED) is 0.864. The molecule has 0 spiro atoms. The average molecular weight is 329 g/mol. The average Bonchev–Trinajstić information content (AvgIpc) is 2.28. The Morgan fingerprint density at radius 3 is 2.61 bits per heavy atom. The van der Waals surface area contributed by atoms with Crippen LogP contribution >= 0.6 is 27.5 Å². The van der Waals surface area contributed by atoms with E-state index in [-0.39, 0.29) is 5.56 Å². The molecule has 1 N–H and O–H groups in total. The van der Waals surface area contributed by atoms with Crippen LogP contribution in [0.2, 0.25) is 5.02 Å². The summed E-state index contributed by atoms with van der Waals surface area (Å²) in [5, 5.41) is 3.09. The normalized spacial score (nSPS) is 10.2. The molecule has 92 valence electrons. The number of amides is 1. The maximum Gasteiger partial charge on any atom is 0.259 e. The van der Waals surface area contributed by atoms with Crippen LogP contribution in [0.25, 0.3) is 0 Å². The molecule has 2 nitrogen and oxygen atoms in total. The van der Waals surface area contributed by atoms with Crippen molar-refractivity contribution in [2.75, 3.05) is 5.32 Å². The first-order chi connectivity index (χ1) is 8.58. The second-order valence-corrected chi connectivity index (χ2v) is 4.85. The van der Waals surface area contributed by atoms with E-state index in [0.29, 0.717) is 15.2 Å². The van der Waals surface area contributed by atoms with Crippen molar-refractivity contribution < 1.29 is 9.18 Å². The lowest BCUT2D eigenvalue weighted by atomic mass is 10.2. The van der Waals surface area contributed by atoms with Crippen LogP contribution in [0.15, 0.2) is 46.9 Å². The summed E-state index contributed by atoms with van der Waals surface area (Å²) in [6, 6.07) is 11.0. The summed E-state index contributed by atoms with van der Waals surface area (Å²) >= 11 is 8.95. The molecule has 5 heteroatoms. The van der Waals surface area contributed by atoms with Crippen molar-refractivity contribution in [1.29, 1.82) is 0 Å². The Morgan fingerprint density at radius 1 is 1.22 bits per heavy atom. The number of anilines is 1. The number of benzene rings is 2. The summed E-state index contributed by atoms with van der Waals surface area (Å²) in [6.07, 6.45) is 0. The van der Waals surface area contributed by atoms with Crippen LogP contribution in [0, 0.1) is 5.82 Å². The van der Waals surface area contributed by atoms with Gasteiger partial charge in [-0.05, 0) is 46.3 Å². The molecule has 0 unspecified atom stereocenters. The van der Waals surface area contributed by atoms with Crippen molar-refractivity contribution in [3.63, 3.8) is 0 Å². The number of carbonyl (C=O) groups excluding carboxylic acids is 1. The number of nitrogens with one attached hydrogen (secondary N) is 1. The molecule has 2 aromatic carbocycles. The first-order valence-corrected chi connectivity index (χ1v) is 6.26. The van der Waals surface area contributed by atoms with Crippen molar-refractivity contribution in [1.82, 2.24) is 0 Å². The molecule has 2 rings (SSSR count). The largest absolute Gasteiger partial charge is 0.322 e. The van der Waals surface area contributed by atoms with E-state index in [4.69, 9.17) is 11.6 Å². The highest BCUT2D eigenvalue weighted by atomic mass is 79.9. The Labute approximate surface area is 117 Å². The first-order valence-electron chi connectivity index (χ1n) is 5.09. The fraction of sp³-hybridized carbons (Fsp3) is 0. The smallest absolute Gasteiger partial charge is 0.259 e. The Morgan fingerprint density at radius 2 is 1.94 bits per heavy atom. The third-order valence-corrected chi connectivity index (χ3v) is 3.17. The van der Waals surface area contributed by atoms with Crippen LogP contribution in [0.4, 0.5) is 10.1 Å². The molecular formula is C13H8BrClFNO. The number of carbonyl (C=O) groups is 1. The minimum Gasteiger partial charge on any atom is -0.322 e. The minimum absolute atomic E-state index is 0.0301. The van der Waals surface area contributed by atoms with Gasteiger partial charge >= 0.3 is 0 Å². The zero-order chi connectivity index (χ0) is 13.1. The standard InChI is InChI=1S/C13H8BrClFNO/c14-10-5-2-6-11(16)12(10)13(18)17-9-4-1-3-8(15)7-9/h1-7H,(H,17,18). The van der Waals surface area contributed by atoms with Gasteiger partial charge in [-0.15, -0.1) is 0 Å². The molecule has 0 saturated carbocycles. The van der Waals surface area contributed by atoms with Gasteiger partial charge in [0.25, 0.3) is 5.91 Å². The zero-order valence-electron chi connectivity index (χ0n) is 9.08. The van der Waals surface area contributed by atoms with Crippen LogP contribution < -0.4 is 5.32 Å². The molecule has 0 aliphatic rings. The molecule has 0 radical (unpaired) electrons. The van der Waals surface area contributed by atoms with Crippen LogP contribution in [-0.2, 0) is 0 Å². The van der Waals surface area contributed by atoms with Gasteiger partial charge in [0, 0.05) is 15.2 Å². The second-order valence-electron chi connectivity index (χ2n) is 3.56. The summed E-state index contributed by atoms with van der Waals surface area (Å²) in [6.45, 7) is 0. The number of halogens is 3. The van der Waals surface area contributed by atoms with Crippen LogP contribution in [0.5, 0.6) is 0 Å². The highest BCUT2D eigenvalue weighted by molar-refractivity contribution is 9.10.